The summed E-state index contributed by atoms with van der Waals surface area (Å²) in [7, 11) is 0. The van der Waals surface area contributed by atoms with Gasteiger partial charge in [-0.2, -0.15) is 4.98 Å². The highest BCUT2D eigenvalue weighted by atomic mass is 32.1. The summed E-state index contributed by atoms with van der Waals surface area (Å²) in [6.45, 7) is 1.54. The molecule has 1 aromatic carbocycles. The number of hydrogen-bond donors (Lipinski definition) is 0. The van der Waals surface area contributed by atoms with Gasteiger partial charge in [0.15, 0.2) is 6.61 Å². The Kier molecular flexibility index (Phi) is 5.35. The van der Waals surface area contributed by atoms with Crippen LogP contribution in [0.1, 0.15) is 17.3 Å². The van der Waals surface area contributed by atoms with E-state index >= 15 is 0 Å². The third kappa shape index (κ3) is 4.25. The van der Waals surface area contributed by atoms with Crippen LogP contribution in [0.25, 0.3) is 22.2 Å². The van der Waals surface area contributed by atoms with Crippen LogP contribution in [0.5, 0.6) is 0 Å². The first-order chi connectivity index (χ1) is 14.5. The zero-order valence-corrected chi connectivity index (χ0v) is 16.4. The van der Waals surface area contributed by atoms with Crippen LogP contribution in [-0.2, 0) is 22.6 Å². The van der Waals surface area contributed by atoms with Gasteiger partial charge in [-0.25, -0.2) is 4.98 Å². The summed E-state index contributed by atoms with van der Waals surface area (Å²) in [5.74, 6) is 0.847. The smallest absolute Gasteiger partial charge is 0.312 e. The summed E-state index contributed by atoms with van der Waals surface area (Å²) >= 11 is 1.49. The van der Waals surface area contributed by atoms with Crippen LogP contribution in [0.15, 0.2) is 50.7 Å². The molecule has 10 nitrogen and oxygen atoms in total. The maximum Gasteiger partial charge on any atom is 0.312 e. The number of nitro groups is 1. The van der Waals surface area contributed by atoms with Crippen molar-refractivity contribution in [1.82, 2.24) is 15.1 Å². The van der Waals surface area contributed by atoms with Crippen LogP contribution in [0.2, 0.25) is 0 Å². The molecule has 3 aromatic heterocycles. The lowest BCUT2D eigenvalue weighted by Crippen LogP contribution is -2.09. The van der Waals surface area contributed by atoms with Crippen molar-refractivity contribution in [2.24, 2.45) is 0 Å². The van der Waals surface area contributed by atoms with E-state index in [0.717, 1.165) is 4.88 Å². The van der Waals surface area contributed by atoms with Gasteiger partial charge in [0.05, 0.1) is 21.9 Å². The number of benzene rings is 1. The number of esters is 1. The largest absolute Gasteiger partial charge is 0.455 e. The minimum absolute atomic E-state index is 0.0400. The Bertz CT molecular complexity index is 1180. The SMILES string of the molecule is Cc1oc(-c2cccs2)nc1CC(=O)OCc1nc(-c2ccc([N+](=O)[O-])cc2)no1. The molecule has 0 radical (unpaired) electrons. The Morgan fingerprint density at radius 1 is 1.23 bits per heavy atom. The van der Waals surface area contributed by atoms with Crippen LogP contribution in [0.3, 0.4) is 0 Å². The monoisotopic (exact) mass is 426 g/mol. The van der Waals surface area contributed by atoms with E-state index in [1.165, 1.54) is 35.6 Å². The molecule has 0 unspecified atom stereocenters. The molecule has 4 aromatic rings. The second-order valence-corrected chi connectivity index (χ2v) is 7.10. The number of nitrogens with zero attached hydrogens (tertiary/aromatic N) is 4. The van der Waals surface area contributed by atoms with Crippen molar-refractivity contribution in [3.8, 4) is 22.2 Å². The Labute approximate surface area is 173 Å². The van der Waals surface area contributed by atoms with E-state index in [1.807, 2.05) is 17.5 Å². The number of carbonyl (C=O) groups is 1. The lowest BCUT2D eigenvalue weighted by atomic mass is 10.2. The summed E-state index contributed by atoms with van der Waals surface area (Å²) in [5, 5.41) is 16.4. The maximum atomic E-state index is 12.2. The molecule has 0 N–H and O–H groups in total. The molecule has 0 spiro atoms. The molecule has 0 bridgehead atoms. The zero-order valence-electron chi connectivity index (χ0n) is 15.6. The molecule has 0 aliphatic rings. The number of oxazole rings is 1. The van der Waals surface area contributed by atoms with Gasteiger partial charge in [0.2, 0.25) is 11.7 Å². The van der Waals surface area contributed by atoms with Crippen molar-refractivity contribution in [2.45, 2.75) is 20.0 Å². The van der Waals surface area contributed by atoms with Gasteiger partial charge in [-0.3, -0.25) is 14.9 Å². The van der Waals surface area contributed by atoms with Crippen molar-refractivity contribution in [3.63, 3.8) is 0 Å². The van der Waals surface area contributed by atoms with E-state index in [4.69, 9.17) is 13.7 Å². The van der Waals surface area contributed by atoms with Crippen LogP contribution >= 0.6 is 11.3 Å². The second kappa shape index (κ2) is 8.25. The molecular formula is C19H14N4O6S. The first-order valence-corrected chi connectivity index (χ1v) is 9.61. The van der Waals surface area contributed by atoms with Crippen molar-refractivity contribution >= 4 is 23.0 Å². The molecule has 11 heteroatoms. The van der Waals surface area contributed by atoms with E-state index < -0.39 is 10.9 Å². The van der Waals surface area contributed by atoms with Gasteiger partial charge < -0.3 is 13.7 Å². The molecule has 0 amide bonds. The number of aryl methyl sites for hydroxylation is 1. The number of nitro benzene ring substituents is 1. The predicted octanol–water partition coefficient (Wildman–Crippen LogP) is 3.96. The maximum absolute atomic E-state index is 12.2. The summed E-state index contributed by atoms with van der Waals surface area (Å²) in [4.78, 5) is 31.7. The molecule has 0 aliphatic heterocycles. The van der Waals surface area contributed by atoms with E-state index in [1.54, 1.807) is 6.92 Å². The molecule has 0 saturated heterocycles. The Hall–Kier alpha value is -3.86. The van der Waals surface area contributed by atoms with Crippen molar-refractivity contribution < 1.29 is 23.4 Å². The number of rotatable bonds is 7. The van der Waals surface area contributed by atoms with Gasteiger partial charge in [0, 0.05) is 17.7 Å². The van der Waals surface area contributed by atoms with Crippen LogP contribution in [-0.4, -0.2) is 26.0 Å². The highest BCUT2D eigenvalue weighted by molar-refractivity contribution is 7.13. The van der Waals surface area contributed by atoms with Gasteiger partial charge in [-0.15, -0.1) is 11.3 Å². The molecule has 0 atom stereocenters. The lowest BCUT2D eigenvalue weighted by Gasteiger charge is -2.00. The van der Waals surface area contributed by atoms with Crippen molar-refractivity contribution in [1.29, 1.82) is 0 Å². The topological polar surface area (TPSA) is 134 Å². The molecule has 152 valence electrons. The van der Waals surface area contributed by atoms with Crippen molar-refractivity contribution in [3.05, 3.63) is 69.2 Å². The first-order valence-electron chi connectivity index (χ1n) is 8.73. The molecule has 3 heterocycles. The fourth-order valence-electron chi connectivity index (χ4n) is 2.59. The van der Waals surface area contributed by atoms with Gasteiger partial charge >= 0.3 is 5.97 Å². The highest BCUT2D eigenvalue weighted by Gasteiger charge is 2.17. The summed E-state index contributed by atoms with van der Waals surface area (Å²) < 4.78 is 15.9. The number of ether oxygens (including phenoxy) is 1. The fraction of sp³-hybridized carbons (Fsp3) is 0.158. The van der Waals surface area contributed by atoms with Crippen LogP contribution in [0.4, 0.5) is 5.69 Å². The normalized spacial score (nSPS) is 10.8. The fourth-order valence-corrected chi connectivity index (χ4v) is 3.24. The van der Waals surface area contributed by atoms with E-state index in [-0.39, 0.29) is 30.4 Å². The number of aromatic nitrogens is 3. The molecule has 4 rings (SSSR count). The number of hydrogen-bond acceptors (Lipinski definition) is 10. The van der Waals surface area contributed by atoms with E-state index in [0.29, 0.717) is 22.9 Å². The summed E-state index contributed by atoms with van der Waals surface area (Å²) in [5.41, 5.74) is 1.00. The molecule has 0 saturated carbocycles. The average molecular weight is 426 g/mol. The molecule has 0 aliphatic carbocycles. The van der Waals surface area contributed by atoms with E-state index in [9.17, 15) is 14.9 Å². The molecule has 30 heavy (non-hydrogen) atoms. The third-order valence-corrected chi connectivity index (χ3v) is 4.96. The Balaban J connectivity index is 1.35. The first kappa shape index (κ1) is 19.5. The minimum atomic E-state index is -0.515. The predicted molar refractivity (Wildman–Crippen MR) is 104 cm³/mol. The van der Waals surface area contributed by atoms with Crippen LogP contribution in [0, 0.1) is 17.0 Å². The van der Waals surface area contributed by atoms with Crippen LogP contribution < -0.4 is 0 Å². The molecule has 0 fully saturated rings. The van der Waals surface area contributed by atoms with Gasteiger partial charge in [0.1, 0.15) is 5.76 Å². The minimum Gasteiger partial charge on any atom is -0.455 e. The summed E-state index contributed by atoms with van der Waals surface area (Å²) in [6.07, 6.45) is -0.0515. The quantitative estimate of drug-likeness (QED) is 0.244. The number of non-ortho nitro benzene ring substituents is 1. The Morgan fingerprint density at radius 2 is 2.03 bits per heavy atom. The summed E-state index contributed by atoms with van der Waals surface area (Å²) in [6, 6.07) is 9.49. The Morgan fingerprint density at radius 3 is 2.73 bits per heavy atom. The lowest BCUT2D eigenvalue weighted by molar-refractivity contribution is -0.384. The zero-order chi connectivity index (χ0) is 21.1. The third-order valence-electron chi connectivity index (χ3n) is 4.10. The second-order valence-electron chi connectivity index (χ2n) is 6.15. The van der Waals surface area contributed by atoms with Gasteiger partial charge in [-0.1, -0.05) is 11.2 Å². The molecular weight excluding hydrogens is 412 g/mol. The number of carbonyl (C=O) groups excluding carboxylic acids is 1. The highest BCUT2D eigenvalue weighted by Crippen LogP contribution is 2.26. The average Bonchev–Trinajstić information content (AvgIpc) is 3.48. The van der Waals surface area contributed by atoms with Gasteiger partial charge in [0.25, 0.3) is 11.6 Å². The van der Waals surface area contributed by atoms with Gasteiger partial charge in [-0.05, 0) is 30.5 Å². The van der Waals surface area contributed by atoms with E-state index in [2.05, 4.69) is 15.1 Å². The number of thiophene rings is 1. The standard InChI is InChI=1S/C19H14N4O6S/c1-11-14(20-19(28-11)15-3-2-8-30-15)9-17(24)27-10-16-21-18(22-29-16)12-4-6-13(7-5-12)23(25)26/h2-8H,9-10H2,1H3. The van der Waals surface area contributed by atoms with Crippen molar-refractivity contribution in [2.75, 3.05) is 0 Å².